The van der Waals surface area contributed by atoms with Gasteiger partial charge in [0.2, 0.25) is 10.0 Å². The van der Waals surface area contributed by atoms with Crippen molar-refractivity contribution in [1.82, 2.24) is 20.2 Å². The fraction of sp³-hybridized carbons (Fsp3) is 0.438. The summed E-state index contributed by atoms with van der Waals surface area (Å²) in [6, 6.07) is 9.35. The van der Waals surface area contributed by atoms with Crippen LogP contribution in [0.25, 0.3) is 0 Å². The van der Waals surface area contributed by atoms with Crippen molar-refractivity contribution >= 4 is 10.0 Å². The van der Waals surface area contributed by atoms with Gasteiger partial charge >= 0.3 is 0 Å². The molecule has 126 valence electrons. The number of sulfonamides is 1. The second-order valence-electron chi connectivity index (χ2n) is 5.81. The second kappa shape index (κ2) is 7.25. The first-order valence-corrected chi connectivity index (χ1v) is 9.10. The Morgan fingerprint density at radius 3 is 2.39 bits per heavy atom. The van der Waals surface area contributed by atoms with Gasteiger partial charge in [-0.25, -0.2) is 13.1 Å². The van der Waals surface area contributed by atoms with Gasteiger partial charge in [-0.2, -0.15) is 5.10 Å². The van der Waals surface area contributed by atoms with Gasteiger partial charge in [-0.1, -0.05) is 12.1 Å². The van der Waals surface area contributed by atoms with Crippen LogP contribution >= 0.6 is 0 Å². The van der Waals surface area contributed by atoms with Gasteiger partial charge in [0.15, 0.2) is 0 Å². The molecule has 0 saturated heterocycles. The predicted molar refractivity (Wildman–Crippen MR) is 90.7 cm³/mol. The number of benzene rings is 1. The number of nitrogens with zero attached hydrogens (tertiary/aromatic N) is 1. The molecule has 0 aliphatic rings. The summed E-state index contributed by atoms with van der Waals surface area (Å²) in [6.07, 6.45) is 0.834. The van der Waals surface area contributed by atoms with Gasteiger partial charge in [-0.05, 0) is 51.6 Å². The molecule has 0 aliphatic carbocycles. The quantitative estimate of drug-likeness (QED) is 0.721. The molecular formula is C16H24N4O2S. The molecule has 1 heterocycles. The van der Waals surface area contributed by atoms with E-state index in [1.54, 1.807) is 12.1 Å². The highest BCUT2D eigenvalue weighted by atomic mass is 32.2. The van der Waals surface area contributed by atoms with E-state index in [0.717, 1.165) is 23.4 Å². The van der Waals surface area contributed by atoms with Crippen LogP contribution in [-0.2, 0) is 16.4 Å². The van der Waals surface area contributed by atoms with Crippen LogP contribution in [0.2, 0.25) is 0 Å². The van der Waals surface area contributed by atoms with Crippen LogP contribution in [0.15, 0.2) is 35.2 Å². The van der Waals surface area contributed by atoms with Crippen LogP contribution in [0.3, 0.4) is 0 Å². The van der Waals surface area contributed by atoms with E-state index in [1.807, 2.05) is 25.1 Å². The van der Waals surface area contributed by atoms with Crippen LogP contribution < -0.4 is 10.0 Å². The van der Waals surface area contributed by atoms with Crippen molar-refractivity contribution in [2.24, 2.45) is 0 Å². The molecule has 2 atom stereocenters. The number of H-pyrrole nitrogens is 1. The minimum atomic E-state index is -3.38. The van der Waals surface area contributed by atoms with E-state index in [1.165, 1.54) is 7.05 Å². The molecule has 7 heteroatoms. The Labute approximate surface area is 137 Å². The van der Waals surface area contributed by atoms with E-state index >= 15 is 0 Å². The summed E-state index contributed by atoms with van der Waals surface area (Å²) in [5.41, 5.74) is 3.14. The summed E-state index contributed by atoms with van der Waals surface area (Å²) in [6.45, 7) is 6.16. The molecule has 0 aliphatic heterocycles. The molecule has 6 nitrogen and oxygen atoms in total. The molecule has 0 spiro atoms. The topological polar surface area (TPSA) is 86.9 Å². The maximum atomic E-state index is 11.7. The molecule has 2 rings (SSSR count). The third-order valence-corrected chi connectivity index (χ3v) is 5.20. The Morgan fingerprint density at radius 1 is 1.22 bits per heavy atom. The van der Waals surface area contributed by atoms with E-state index in [4.69, 9.17) is 0 Å². The zero-order valence-corrected chi connectivity index (χ0v) is 14.7. The fourth-order valence-corrected chi connectivity index (χ4v) is 3.26. The van der Waals surface area contributed by atoms with Crippen LogP contribution in [0.4, 0.5) is 0 Å². The van der Waals surface area contributed by atoms with Crippen molar-refractivity contribution in [1.29, 1.82) is 0 Å². The zero-order valence-electron chi connectivity index (χ0n) is 13.9. The van der Waals surface area contributed by atoms with E-state index in [9.17, 15) is 8.42 Å². The second-order valence-corrected chi connectivity index (χ2v) is 7.70. The summed E-state index contributed by atoms with van der Waals surface area (Å²) in [5.74, 6) is 0. The van der Waals surface area contributed by atoms with Gasteiger partial charge in [0.1, 0.15) is 0 Å². The van der Waals surface area contributed by atoms with Crippen molar-refractivity contribution in [3.63, 3.8) is 0 Å². The van der Waals surface area contributed by atoms with Gasteiger partial charge in [0.25, 0.3) is 0 Å². The Kier molecular flexibility index (Phi) is 5.56. The molecule has 1 aromatic carbocycles. The third-order valence-electron chi connectivity index (χ3n) is 3.77. The third kappa shape index (κ3) is 4.63. The van der Waals surface area contributed by atoms with Crippen molar-refractivity contribution in [3.05, 3.63) is 47.3 Å². The number of aryl methyl sites for hydroxylation is 1. The van der Waals surface area contributed by atoms with Crippen LogP contribution in [0.5, 0.6) is 0 Å². The smallest absolute Gasteiger partial charge is 0.240 e. The molecule has 0 unspecified atom stereocenters. The highest BCUT2D eigenvalue weighted by Crippen LogP contribution is 2.17. The standard InChI is InChI=1S/C16H24N4O2S/c1-11(9-15-10-12(2)19-20-15)18-13(3)14-5-7-16(8-6-14)23(21,22)17-4/h5-8,10-11,13,17-18H,9H2,1-4H3,(H,19,20)/t11-,13-/m1/s1. The number of rotatable bonds is 7. The normalized spacial score (nSPS) is 14.6. The number of hydrogen-bond donors (Lipinski definition) is 3. The fourth-order valence-electron chi connectivity index (χ4n) is 2.53. The minimum absolute atomic E-state index is 0.122. The summed E-state index contributed by atoms with van der Waals surface area (Å²) in [4.78, 5) is 0.274. The number of nitrogens with one attached hydrogen (secondary N) is 3. The van der Waals surface area contributed by atoms with Crippen molar-refractivity contribution in [2.45, 2.75) is 44.2 Å². The SMILES string of the molecule is CNS(=O)(=O)c1ccc([C@@H](C)N[C@H](C)Cc2cc(C)[nH]n2)cc1. The van der Waals surface area contributed by atoms with E-state index in [-0.39, 0.29) is 17.0 Å². The Morgan fingerprint density at radius 2 is 1.87 bits per heavy atom. The Hall–Kier alpha value is -1.70. The van der Waals surface area contributed by atoms with E-state index in [2.05, 4.69) is 34.1 Å². The molecule has 0 fully saturated rings. The molecule has 23 heavy (non-hydrogen) atoms. The first-order chi connectivity index (χ1) is 10.8. The van der Waals surface area contributed by atoms with Crippen LogP contribution in [0, 0.1) is 6.92 Å². The largest absolute Gasteiger partial charge is 0.307 e. The lowest BCUT2D eigenvalue weighted by molar-refractivity contribution is 0.473. The molecule has 0 bridgehead atoms. The number of aromatic nitrogens is 2. The number of aromatic amines is 1. The lowest BCUT2D eigenvalue weighted by Crippen LogP contribution is -2.30. The molecule has 2 aromatic rings. The molecular weight excluding hydrogens is 312 g/mol. The molecule has 0 saturated carbocycles. The average molecular weight is 336 g/mol. The predicted octanol–water partition coefficient (Wildman–Crippen LogP) is 1.91. The van der Waals surface area contributed by atoms with Gasteiger partial charge < -0.3 is 5.32 Å². The maximum absolute atomic E-state index is 11.7. The van der Waals surface area contributed by atoms with Crippen LogP contribution in [-0.4, -0.2) is 31.7 Å². The summed E-state index contributed by atoms with van der Waals surface area (Å²) >= 11 is 0. The number of hydrogen-bond acceptors (Lipinski definition) is 4. The lowest BCUT2D eigenvalue weighted by atomic mass is 10.1. The first kappa shape index (κ1) is 17.7. The lowest BCUT2D eigenvalue weighted by Gasteiger charge is -2.20. The molecule has 3 N–H and O–H groups in total. The highest BCUT2D eigenvalue weighted by Gasteiger charge is 2.14. The summed E-state index contributed by atoms with van der Waals surface area (Å²) in [5, 5.41) is 10.7. The molecule has 0 amide bonds. The van der Waals surface area contributed by atoms with Crippen molar-refractivity contribution in [3.8, 4) is 0 Å². The van der Waals surface area contributed by atoms with Gasteiger partial charge in [0.05, 0.1) is 10.6 Å². The maximum Gasteiger partial charge on any atom is 0.240 e. The molecule has 0 radical (unpaired) electrons. The monoisotopic (exact) mass is 336 g/mol. The van der Waals surface area contributed by atoms with E-state index < -0.39 is 10.0 Å². The summed E-state index contributed by atoms with van der Waals surface area (Å²) < 4.78 is 25.8. The van der Waals surface area contributed by atoms with E-state index in [0.29, 0.717) is 0 Å². The van der Waals surface area contributed by atoms with Crippen LogP contribution in [0.1, 0.15) is 36.8 Å². The van der Waals surface area contributed by atoms with Gasteiger partial charge in [-0.15, -0.1) is 0 Å². The van der Waals surface area contributed by atoms with Crippen molar-refractivity contribution in [2.75, 3.05) is 7.05 Å². The minimum Gasteiger partial charge on any atom is -0.307 e. The Balaban J connectivity index is 1.98. The van der Waals surface area contributed by atoms with Crippen molar-refractivity contribution < 1.29 is 8.42 Å². The zero-order chi connectivity index (χ0) is 17.0. The van der Waals surface area contributed by atoms with Gasteiger partial charge in [-0.3, -0.25) is 5.10 Å². The first-order valence-electron chi connectivity index (χ1n) is 7.62. The van der Waals surface area contributed by atoms with Gasteiger partial charge in [0, 0.05) is 24.2 Å². The Bertz CT molecular complexity index is 738. The molecule has 1 aromatic heterocycles. The highest BCUT2D eigenvalue weighted by molar-refractivity contribution is 7.89. The average Bonchev–Trinajstić information content (AvgIpc) is 2.92. The summed E-state index contributed by atoms with van der Waals surface area (Å²) in [7, 11) is -1.98.